The first-order chi connectivity index (χ1) is 14.4. The fourth-order valence-corrected chi connectivity index (χ4v) is 4.30. The van der Waals surface area contributed by atoms with Crippen LogP contribution in [0.15, 0.2) is 29.4 Å². The molecule has 1 unspecified atom stereocenters. The van der Waals surface area contributed by atoms with Crippen LogP contribution in [0.25, 0.3) is 10.9 Å². The number of hydrogen-bond acceptors (Lipinski definition) is 5. The van der Waals surface area contributed by atoms with Gasteiger partial charge in [-0.3, -0.25) is 4.99 Å². The second kappa shape index (κ2) is 11.5. The minimum Gasteiger partial charge on any atom is -0.462 e. The first-order valence-corrected chi connectivity index (χ1v) is 10.9. The average Bonchev–Trinajstić information content (AvgIpc) is 3.32. The summed E-state index contributed by atoms with van der Waals surface area (Å²) < 4.78 is 5.10. The molecule has 0 amide bonds. The van der Waals surface area contributed by atoms with Crippen molar-refractivity contribution >= 4 is 58.1 Å². The SMILES string of the molecule is CCOC(=O)c1sc(C(C)NC(=NC)NCCc2c[nH]c3c(C)cccc23)nc1C.I. The summed E-state index contributed by atoms with van der Waals surface area (Å²) in [6.45, 7) is 8.84. The van der Waals surface area contributed by atoms with E-state index in [0.717, 1.165) is 18.0 Å². The molecule has 0 spiro atoms. The van der Waals surface area contributed by atoms with Gasteiger partial charge in [0.25, 0.3) is 0 Å². The van der Waals surface area contributed by atoms with Crippen molar-refractivity contribution in [2.24, 2.45) is 4.99 Å². The van der Waals surface area contributed by atoms with Gasteiger partial charge in [-0.15, -0.1) is 35.3 Å². The Morgan fingerprint density at radius 1 is 1.35 bits per heavy atom. The van der Waals surface area contributed by atoms with Gasteiger partial charge in [0.2, 0.25) is 0 Å². The lowest BCUT2D eigenvalue weighted by Crippen LogP contribution is -2.39. The molecule has 7 nitrogen and oxygen atoms in total. The quantitative estimate of drug-likeness (QED) is 0.173. The van der Waals surface area contributed by atoms with E-state index in [-0.39, 0.29) is 36.0 Å². The summed E-state index contributed by atoms with van der Waals surface area (Å²) >= 11 is 1.36. The maximum Gasteiger partial charge on any atom is 0.350 e. The number of halogens is 1. The van der Waals surface area contributed by atoms with E-state index >= 15 is 0 Å². The number of ether oxygens (including phenoxy) is 1. The zero-order chi connectivity index (χ0) is 21.7. The lowest BCUT2D eigenvalue weighted by atomic mass is 10.1. The number of benzene rings is 1. The molecule has 0 bridgehead atoms. The number of para-hydroxylation sites is 1. The number of fused-ring (bicyclic) bond motifs is 1. The smallest absolute Gasteiger partial charge is 0.350 e. The number of guanidine groups is 1. The summed E-state index contributed by atoms with van der Waals surface area (Å²) in [5.74, 6) is 0.381. The molecule has 0 fully saturated rings. The molecule has 0 saturated heterocycles. The van der Waals surface area contributed by atoms with Crippen molar-refractivity contribution in [1.29, 1.82) is 0 Å². The van der Waals surface area contributed by atoms with E-state index in [1.165, 1.54) is 33.4 Å². The Morgan fingerprint density at radius 3 is 2.84 bits per heavy atom. The van der Waals surface area contributed by atoms with Crippen LogP contribution in [0.5, 0.6) is 0 Å². The second-order valence-electron chi connectivity index (χ2n) is 7.11. The number of esters is 1. The highest BCUT2D eigenvalue weighted by Gasteiger charge is 2.20. The number of nitrogens with zero attached hydrogens (tertiary/aromatic N) is 2. The third-order valence-electron chi connectivity index (χ3n) is 4.92. The third-order valence-corrected chi connectivity index (χ3v) is 6.24. The van der Waals surface area contributed by atoms with Crippen molar-refractivity contribution in [3.63, 3.8) is 0 Å². The third kappa shape index (κ3) is 5.97. The zero-order valence-electron chi connectivity index (χ0n) is 18.5. The molecule has 0 aliphatic rings. The molecule has 1 atom stereocenters. The van der Waals surface area contributed by atoms with Gasteiger partial charge in [0.15, 0.2) is 5.96 Å². The topological polar surface area (TPSA) is 91.4 Å². The number of carbonyl (C=O) groups is 1. The van der Waals surface area contributed by atoms with E-state index < -0.39 is 0 Å². The number of aromatic nitrogens is 2. The molecule has 3 aromatic rings. The van der Waals surface area contributed by atoms with Crippen molar-refractivity contribution in [3.05, 3.63) is 51.1 Å². The number of H-pyrrole nitrogens is 1. The van der Waals surface area contributed by atoms with Crippen molar-refractivity contribution in [2.75, 3.05) is 20.2 Å². The van der Waals surface area contributed by atoms with E-state index in [1.54, 1.807) is 14.0 Å². The highest BCUT2D eigenvalue weighted by molar-refractivity contribution is 14.0. The molecular formula is C22H30IN5O2S. The van der Waals surface area contributed by atoms with E-state index in [0.29, 0.717) is 23.1 Å². The van der Waals surface area contributed by atoms with Crippen molar-refractivity contribution in [1.82, 2.24) is 20.6 Å². The molecule has 2 heterocycles. The van der Waals surface area contributed by atoms with Gasteiger partial charge in [-0.1, -0.05) is 18.2 Å². The van der Waals surface area contributed by atoms with Crippen LogP contribution in [0.1, 0.15) is 51.4 Å². The van der Waals surface area contributed by atoms with Crippen LogP contribution in [0, 0.1) is 13.8 Å². The predicted octanol–water partition coefficient (Wildman–Crippen LogP) is 4.50. The van der Waals surface area contributed by atoms with E-state index in [1.807, 2.05) is 13.8 Å². The number of thiazole rings is 1. The second-order valence-corrected chi connectivity index (χ2v) is 8.14. The van der Waals surface area contributed by atoms with Gasteiger partial charge in [-0.2, -0.15) is 0 Å². The zero-order valence-corrected chi connectivity index (χ0v) is 21.7. The molecule has 1 aromatic carbocycles. The number of nitrogens with one attached hydrogen (secondary N) is 3. The van der Waals surface area contributed by atoms with Gasteiger partial charge in [0.1, 0.15) is 9.88 Å². The fraction of sp³-hybridized carbons (Fsp3) is 0.409. The molecule has 31 heavy (non-hydrogen) atoms. The van der Waals surface area contributed by atoms with Gasteiger partial charge >= 0.3 is 5.97 Å². The maximum absolute atomic E-state index is 12.0. The van der Waals surface area contributed by atoms with E-state index in [2.05, 4.69) is 56.9 Å². The summed E-state index contributed by atoms with van der Waals surface area (Å²) in [4.78, 5) is 24.8. The first kappa shape index (κ1) is 25.1. The Balaban J connectivity index is 0.00000341. The molecule has 3 N–H and O–H groups in total. The number of aromatic amines is 1. The van der Waals surface area contributed by atoms with Gasteiger partial charge in [-0.25, -0.2) is 9.78 Å². The Hall–Kier alpha value is -2.14. The molecule has 2 aromatic heterocycles. The van der Waals surface area contributed by atoms with Crippen LogP contribution < -0.4 is 10.6 Å². The lowest BCUT2D eigenvalue weighted by Gasteiger charge is -2.16. The van der Waals surface area contributed by atoms with Crippen LogP contribution in [-0.2, 0) is 11.2 Å². The number of hydrogen-bond donors (Lipinski definition) is 3. The molecule has 168 valence electrons. The van der Waals surface area contributed by atoms with Crippen molar-refractivity contribution in [2.45, 2.75) is 40.2 Å². The molecule has 0 aliphatic heterocycles. The van der Waals surface area contributed by atoms with Crippen LogP contribution in [0.4, 0.5) is 0 Å². The highest BCUT2D eigenvalue weighted by Crippen LogP contribution is 2.24. The van der Waals surface area contributed by atoms with Crippen molar-refractivity contribution in [3.8, 4) is 0 Å². The minimum absolute atomic E-state index is 0. The maximum atomic E-state index is 12.0. The molecule has 0 saturated carbocycles. The van der Waals surface area contributed by atoms with E-state index in [9.17, 15) is 4.79 Å². The highest BCUT2D eigenvalue weighted by atomic mass is 127. The Bertz CT molecular complexity index is 1060. The molecule has 9 heteroatoms. The number of aryl methyl sites for hydroxylation is 2. The number of aliphatic imine (C=N–C) groups is 1. The summed E-state index contributed by atoms with van der Waals surface area (Å²) in [7, 11) is 1.74. The monoisotopic (exact) mass is 555 g/mol. The first-order valence-electron chi connectivity index (χ1n) is 10.1. The van der Waals surface area contributed by atoms with Crippen molar-refractivity contribution < 1.29 is 9.53 Å². The van der Waals surface area contributed by atoms with Crippen LogP contribution >= 0.6 is 35.3 Å². The van der Waals surface area contributed by atoms with Gasteiger partial charge < -0.3 is 20.4 Å². The predicted molar refractivity (Wildman–Crippen MR) is 138 cm³/mol. The van der Waals surface area contributed by atoms with Gasteiger partial charge in [0, 0.05) is 30.7 Å². The molecular weight excluding hydrogens is 525 g/mol. The fourth-order valence-electron chi connectivity index (χ4n) is 3.34. The Morgan fingerprint density at radius 2 is 2.13 bits per heavy atom. The summed E-state index contributed by atoms with van der Waals surface area (Å²) in [5.41, 5.74) is 4.41. The van der Waals surface area contributed by atoms with Crippen LogP contribution in [0.2, 0.25) is 0 Å². The molecule has 0 radical (unpaired) electrons. The number of rotatable bonds is 7. The minimum atomic E-state index is -0.317. The molecule has 3 rings (SSSR count). The van der Waals surface area contributed by atoms with Gasteiger partial charge in [0.05, 0.1) is 18.3 Å². The number of carbonyl (C=O) groups excluding carboxylic acids is 1. The van der Waals surface area contributed by atoms with Crippen LogP contribution in [0.3, 0.4) is 0 Å². The standard InChI is InChI=1S/C22H29N5O2S.HI/c1-6-29-21(28)19-14(3)26-20(30-19)15(4)27-22(23-5)24-11-10-16-12-25-18-13(2)8-7-9-17(16)18;/h7-9,12,15,25H,6,10-11H2,1-5H3,(H2,23,24,27);1H. The average molecular weight is 555 g/mol. The Kier molecular flexibility index (Phi) is 9.30. The van der Waals surface area contributed by atoms with Gasteiger partial charge in [-0.05, 0) is 45.2 Å². The lowest BCUT2D eigenvalue weighted by molar-refractivity contribution is 0.0531. The normalized spacial score (nSPS) is 12.4. The Labute approximate surface area is 204 Å². The summed E-state index contributed by atoms with van der Waals surface area (Å²) in [5, 5.41) is 8.80. The summed E-state index contributed by atoms with van der Waals surface area (Å²) in [6, 6.07) is 6.26. The van der Waals surface area contributed by atoms with Crippen LogP contribution in [-0.4, -0.2) is 42.1 Å². The van der Waals surface area contributed by atoms with E-state index in [4.69, 9.17) is 4.74 Å². The largest absolute Gasteiger partial charge is 0.462 e. The summed E-state index contributed by atoms with van der Waals surface area (Å²) in [6.07, 6.45) is 2.95. The molecule has 0 aliphatic carbocycles.